The molecule has 0 saturated heterocycles. The van der Waals surface area contributed by atoms with Crippen LogP contribution in [0.15, 0.2) is 10.8 Å². The SMILES string of the molecule is COc1nc(C=O)cn2nc(Br)c(C)c12. The minimum atomic E-state index is 0.286. The topological polar surface area (TPSA) is 56.5 Å². The lowest BCUT2D eigenvalue weighted by atomic mass is 10.3. The number of fused-ring (bicyclic) bond motifs is 1. The van der Waals surface area contributed by atoms with Gasteiger partial charge in [-0.15, -0.1) is 0 Å². The first-order chi connectivity index (χ1) is 7.17. The van der Waals surface area contributed by atoms with E-state index in [0.717, 1.165) is 11.1 Å². The van der Waals surface area contributed by atoms with Crippen molar-refractivity contribution < 1.29 is 9.53 Å². The third-order valence-electron chi connectivity index (χ3n) is 2.09. The van der Waals surface area contributed by atoms with Gasteiger partial charge in [0.15, 0.2) is 6.29 Å². The third-order valence-corrected chi connectivity index (χ3v) is 2.84. The quantitative estimate of drug-likeness (QED) is 0.778. The summed E-state index contributed by atoms with van der Waals surface area (Å²) in [6, 6.07) is 0. The zero-order valence-corrected chi connectivity index (χ0v) is 9.78. The lowest BCUT2D eigenvalue weighted by Gasteiger charge is -2.02. The Morgan fingerprint density at radius 1 is 1.60 bits per heavy atom. The van der Waals surface area contributed by atoms with Gasteiger partial charge >= 0.3 is 0 Å². The van der Waals surface area contributed by atoms with Crippen LogP contribution in [-0.4, -0.2) is 28.0 Å². The van der Waals surface area contributed by atoms with Gasteiger partial charge in [0.2, 0.25) is 5.88 Å². The fraction of sp³-hybridized carbons (Fsp3) is 0.222. The van der Waals surface area contributed by atoms with Crippen LogP contribution in [0, 0.1) is 6.92 Å². The zero-order valence-electron chi connectivity index (χ0n) is 8.19. The molecule has 0 atom stereocenters. The Bertz CT molecular complexity index is 536. The summed E-state index contributed by atoms with van der Waals surface area (Å²) in [5, 5.41) is 4.18. The number of nitrogens with zero attached hydrogens (tertiary/aromatic N) is 3. The monoisotopic (exact) mass is 269 g/mol. The molecule has 0 unspecified atom stereocenters. The molecular weight excluding hydrogens is 262 g/mol. The number of hydrogen-bond acceptors (Lipinski definition) is 4. The van der Waals surface area contributed by atoms with Crippen LogP contribution in [-0.2, 0) is 0 Å². The molecule has 0 saturated carbocycles. The normalized spacial score (nSPS) is 10.6. The van der Waals surface area contributed by atoms with Gasteiger partial charge in [-0.3, -0.25) is 4.79 Å². The Morgan fingerprint density at radius 3 is 2.93 bits per heavy atom. The zero-order chi connectivity index (χ0) is 11.0. The molecule has 2 heterocycles. The fourth-order valence-corrected chi connectivity index (χ4v) is 1.72. The Kier molecular flexibility index (Phi) is 2.44. The standard InChI is InChI=1S/C9H8BrN3O2/c1-5-7-9(15-2)11-6(4-14)3-13(7)12-8(5)10/h3-4H,1-2H3. The maximum Gasteiger partial charge on any atom is 0.240 e. The summed E-state index contributed by atoms with van der Waals surface area (Å²) in [4.78, 5) is 14.7. The number of carbonyl (C=O) groups is 1. The molecule has 2 aromatic heterocycles. The van der Waals surface area contributed by atoms with E-state index in [2.05, 4.69) is 26.0 Å². The fourth-order valence-electron chi connectivity index (χ4n) is 1.36. The summed E-state index contributed by atoms with van der Waals surface area (Å²) >= 11 is 3.31. The number of aryl methyl sites for hydroxylation is 1. The third kappa shape index (κ3) is 1.50. The highest BCUT2D eigenvalue weighted by Gasteiger charge is 2.13. The van der Waals surface area contributed by atoms with Crippen molar-refractivity contribution in [2.45, 2.75) is 6.92 Å². The van der Waals surface area contributed by atoms with Gasteiger partial charge in [0, 0.05) is 5.56 Å². The van der Waals surface area contributed by atoms with Crippen molar-refractivity contribution in [1.29, 1.82) is 0 Å². The van der Waals surface area contributed by atoms with Crippen molar-refractivity contribution in [2.24, 2.45) is 0 Å². The molecule has 6 heteroatoms. The summed E-state index contributed by atoms with van der Waals surface area (Å²) < 4.78 is 7.40. The van der Waals surface area contributed by atoms with E-state index in [9.17, 15) is 4.79 Å². The minimum Gasteiger partial charge on any atom is -0.479 e. The van der Waals surface area contributed by atoms with Crippen molar-refractivity contribution in [3.8, 4) is 5.88 Å². The average Bonchev–Trinajstić information content (AvgIpc) is 2.53. The van der Waals surface area contributed by atoms with E-state index >= 15 is 0 Å². The van der Waals surface area contributed by atoms with Gasteiger partial charge in [0.25, 0.3) is 0 Å². The van der Waals surface area contributed by atoms with Gasteiger partial charge in [0.1, 0.15) is 15.8 Å². The van der Waals surface area contributed by atoms with Gasteiger partial charge < -0.3 is 4.74 Å². The minimum absolute atomic E-state index is 0.286. The summed E-state index contributed by atoms with van der Waals surface area (Å²) in [7, 11) is 1.51. The van der Waals surface area contributed by atoms with Crippen LogP contribution in [0.3, 0.4) is 0 Å². The number of aromatic nitrogens is 3. The maximum absolute atomic E-state index is 10.6. The number of hydrogen-bond donors (Lipinski definition) is 0. The highest BCUT2D eigenvalue weighted by Crippen LogP contribution is 2.26. The molecule has 2 aromatic rings. The van der Waals surface area contributed by atoms with Crippen molar-refractivity contribution in [3.63, 3.8) is 0 Å². The molecule has 5 nitrogen and oxygen atoms in total. The van der Waals surface area contributed by atoms with Crippen molar-refractivity contribution in [3.05, 3.63) is 22.1 Å². The number of carbonyl (C=O) groups excluding carboxylic acids is 1. The van der Waals surface area contributed by atoms with E-state index in [4.69, 9.17) is 4.74 Å². The van der Waals surface area contributed by atoms with E-state index in [1.54, 1.807) is 10.7 Å². The number of aldehydes is 1. The Hall–Kier alpha value is -1.43. The second kappa shape index (κ2) is 3.62. The van der Waals surface area contributed by atoms with Crippen LogP contribution < -0.4 is 4.74 Å². The van der Waals surface area contributed by atoms with Crippen molar-refractivity contribution >= 4 is 27.7 Å². The predicted octanol–water partition coefficient (Wildman–Crippen LogP) is 1.62. The van der Waals surface area contributed by atoms with Gasteiger partial charge in [-0.2, -0.15) is 5.10 Å². The lowest BCUT2D eigenvalue weighted by molar-refractivity contribution is 0.111. The number of methoxy groups -OCH3 is 1. The molecule has 78 valence electrons. The molecule has 0 N–H and O–H groups in total. The molecule has 0 fully saturated rings. The highest BCUT2D eigenvalue weighted by molar-refractivity contribution is 9.10. The smallest absolute Gasteiger partial charge is 0.240 e. The number of ether oxygens (including phenoxy) is 1. The summed E-state index contributed by atoms with van der Waals surface area (Å²) in [6.07, 6.45) is 2.22. The van der Waals surface area contributed by atoms with Gasteiger partial charge in [-0.05, 0) is 22.9 Å². The Morgan fingerprint density at radius 2 is 2.33 bits per heavy atom. The van der Waals surface area contributed by atoms with Crippen LogP contribution in [0.1, 0.15) is 16.1 Å². The van der Waals surface area contributed by atoms with Crippen LogP contribution >= 0.6 is 15.9 Å². The van der Waals surface area contributed by atoms with Gasteiger partial charge in [-0.25, -0.2) is 9.50 Å². The molecule has 0 aromatic carbocycles. The molecule has 0 bridgehead atoms. The predicted molar refractivity (Wildman–Crippen MR) is 57.4 cm³/mol. The average molecular weight is 270 g/mol. The molecule has 0 aliphatic rings. The van der Waals surface area contributed by atoms with Crippen LogP contribution in [0.2, 0.25) is 0 Å². The largest absolute Gasteiger partial charge is 0.479 e. The summed E-state index contributed by atoms with van der Waals surface area (Å²) in [5.41, 5.74) is 1.97. The summed E-state index contributed by atoms with van der Waals surface area (Å²) in [6.45, 7) is 1.90. The number of halogens is 1. The van der Waals surface area contributed by atoms with Crippen LogP contribution in [0.25, 0.3) is 5.52 Å². The number of rotatable bonds is 2. The van der Waals surface area contributed by atoms with E-state index in [-0.39, 0.29) is 5.69 Å². The lowest BCUT2D eigenvalue weighted by Crippen LogP contribution is -1.99. The molecular formula is C9H8BrN3O2. The highest BCUT2D eigenvalue weighted by atomic mass is 79.9. The van der Waals surface area contributed by atoms with E-state index in [1.807, 2.05) is 6.92 Å². The first kappa shape index (κ1) is 10.1. The second-order valence-electron chi connectivity index (χ2n) is 3.00. The maximum atomic E-state index is 10.6. The van der Waals surface area contributed by atoms with Crippen molar-refractivity contribution in [1.82, 2.24) is 14.6 Å². The molecule has 0 radical (unpaired) electrons. The van der Waals surface area contributed by atoms with Crippen LogP contribution in [0.5, 0.6) is 5.88 Å². The molecule has 15 heavy (non-hydrogen) atoms. The van der Waals surface area contributed by atoms with Gasteiger partial charge in [-0.1, -0.05) is 0 Å². The second-order valence-corrected chi connectivity index (χ2v) is 3.75. The van der Waals surface area contributed by atoms with E-state index in [1.165, 1.54) is 7.11 Å². The first-order valence-electron chi connectivity index (χ1n) is 4.22. The molecule has 0 spiro atoms. The van der Waals surface area contributed by atoms with E-state index in [0.29, 0.717) is 16.8 Å². The molecule has 0 aliphatic carbocycles. The van der Waals surface area contributed by atoms with E-state index < -0.39 is 0 Å². The Balaban J connectivity index is 2.86. The van der Waals surface area contributed by atoms with Crippen molar-refractivity contribution in [2.75, 3.05) is 7.11 Å². The van der Waals surface area contributed by atoms with Gasteiger partial charge in [0.05, 0.1) is 13.3 Å². The summed E-state index contributed by atoms with van der Waals surface area (Å²) in [5.74, 6) is 0.398. The van der Waals surface area contributed by atoms with Crippen LogP contribution in [0.4, 0.5) is 0 Å². The molecule has 0 amide bonds. The molecule has 2 rings (SSSR count). The molecule has 0 aliphatic heterocycles. The first-order valence-corrected chi connectivity index (χ1v) is 5.01. The Labute approximate surface area is 94.2 Å².